The monoisotopic (exact) mass is 466 g/mol. The molecule has 0 aliphatic carbocycles. The summed E-state index contributed by atoms with van der Waals surface area (Å²) in [6, 6.07) is 11.7. The average Bonchev–Trinajstić information content (AvgIpc) is 2.80. The number of carbonyl (C=O) groups excluding carboxylic acids is 2. The van der Waals surface area contributed by atoms with Crippen LogP contribution in [0, 0.1) is 18.3 Å². The lowest BCUT2D eigenvalue weighted by Gasteiger charge is -2.32. The topological polar surface area (TPSA) is 129 Å². The molecule has 2 atom stereocenters. The fourth-order valence-electron chi connectivity index (χ4n) is 3.81. The van der Waals surface area contributed by atoms with E-state index in [2.05, 4.69) is 10.6 Å². The van der Waals surface area contributed by atoms with Crippen molar-refractivity contribution in [2.24, 2.45) is 0 Å². The molecule has 0 aromatic heterocycles. The second kappa shape index (κ2) is 8.96. The summed E-state index contributed by atoms with van der Waals surface area (Å²) in [4.78, 5) is 25.4. The van der Waals surface area contributed by atoms with Gasteiger partial charge in [0.25, 0.3) is 10.0 Å². The molecule has 2 aromatic rings. The maximum Gasteiger partial charge on any atom is 0.264 e. The van der Waals surface area contributed by atoms with Crippen LogP contribution in [0.4, 0.5) is 0 Å². The first-order chi connectivity index (χ1) is 15.8. The Morgan fingerprint density at radius 1 is 1.27 bits per heavy atom. The molecule has 2 N–H and O–H groups in total. The summed E-state index contributed by atoms with van der Waals surface area (Å²) in [5.41, 5.74) is 2.07. The van der Waals surface area contributed by atoms with Gasteiger partial charge in [0, 0.05) is 24.4 Å². The van der Waals surface area contributed by atoms with Crippen molar-refractivity contribution in [2.75, 3.05) is 6.61 Å². The summed E-state index contributed by atoms with van der Waals surface area (Å²) in [5, 5.41) is 14.4. The van der Waals surface area contributed by atoms with E-state index in [1.807, 2.05) is 13.0 Å². The van der Waals surface area contributed by atoms with Gasteiger partial charge < -0.3 is 15.4 Å². The van der Waals surface area contributed by atoms with Crippen molar-refractivity contribution < 1.29 is 22.7 Å². The Morgan fingerprint density at radius 2 is 2.03 bits per heavy atom. The summed E-state index contributed by atoms with van der Waals surface area (Å²) >= 11 is 0. The number of nitrogens with zero attached hydrogens (tertiary/aromatic N) is 2. The first-order valence-electron chi connectivity index (χ1n) is 10.3. The maximum atomic E-state index is 13.2. The normalized spacial score (nSPS) is 19.6. The Balaban J connectivity index is 1.53. The van der Waals surface area contributed by atoms with E-state index in [9.17, 15) is 18.0 Å². The average molecular weight is 467 g/mol. The van der Waals surface area contributed by atoms with Crippen molar-refractivity contribution >= 4 is 21.8 Å². The summed E-state index contributed by atoms with van der Waals surface area (Å²) in [6.07, 6.45) is 2.64. The fraction of sp³-hybridized carbons (Fsp3) is 0.261. The molecule has 0 radical (unpaired) electrons. The number of hydrogen-bond donors (Lipinski definition) is 2. The smallest absolute Gasteiger partial charge is 0.264 e. The Labute approximate surface area is 191 Å². The molecule has 0 bridgehead atoms. The van der Waals surface area contributed by atoms with E-state index in [4.69, 9.17) is 10.00 Å². The van der Waals surface area contributed by atoms with E-state index in [0.717, 1.165) is 15.4 Å². The van der Waals surface area contributed by atoms with Crippen LogP contribution in [0.25, 0.3) is 0 Å². The van der Waals surface area contributed by atoms with Gasteiger partial charge in [0.05, 0.1) is 35.6 Å². The van der Waals surface area contributed by atoms with Gasteiger partial charge in [0.15, 0.2) is 0 Å². The highest BCUT2D eigenvalue weighted by Gasteiger charge is 2.37. The molecule has 9 nitrogen and oxygen atoms in total. The van der Waals surface area contributed by atoms with Crippen LogP contribution in [0.2, 0.25) is 0 Å². The van der Waals surface area contributed by atoms with Gasteiger partial charge in [-0.2, -0.15) is 5.26 Å². The van der Waals surface area contributed by atoms with Gasteiger partial charge >= 0.3 is 0 Å². The molecule has 0 fully saturated rings. The van der Waals surface area contributed by atoms with Crippen LogP contribution in [0.1, 0.15) is 35.6 Å². The predicted molar refractivity (Wildman–Crippen MR) is 118 cm³/mol. The van der Waals surface area contributed by atoms with Gasteiger partial charge in [-0.1, -0.05) is 23.8 Å². The molecular weight excluding hydrogens is 444 g/mol. The maximum absolute atomic E-state index is 13.2. The van der Waals surface area contributed by atoms with E-state index >= 15 is 0 Å². The highest BCUT2D eigenvalue weighted by atomic mass is 32.2. The zero-order chi connectivity index (χ0) is 23.6. The van der Waals surface area contributed by atoms with Crippen LogP contribution in [0.15, 0.2) is 59.8 Å². The van der Waals surface area contributed by atoms with E-state index < -0.39 is 27.9 Å². The third kappa shape index (κ3) is 4.54. The van der Waals surface area contributed by atoms with Crippen molar-refractivity contribution in [1.29, 1.82) is 5.26 Å². The van der Waals surface area contributed by atoms with Gasteiger partial charge in [-0.15, -0.1) is 0 Å². The van der Waals surface area contributed by atoms with Crippen LogP contribution in [-0.2, 0) is 19.6 Å². The number of amides is 2. The number of ether oxygens (including phenoxy) is 1. The first kappa shape index (κ1) is 22.4. The summed E-state index contributed by atoms with van der Waals surface area (Å²) in [7, 11) is -4.04. The zero-order valence-corrected chi connectivity index (χ0v) is 18.6. The number of fused-ring (bicyclic) bond motifs is 1. The third-order valence-corrected chi connectivity index (χ3v) is 7.35. The molecule has 2 heterocycles. The largest absolute Gasteiger partial charge is 0.493 e. The molecule has 0 saturated carbocycles. The minimum absolute atomic E-state index is 0.0320. The number of sulfonamides is 1. The molecule has 0 saturated heterocycles. The Bertz CT molecular complexity index is 1260. The predicted octanol–water partition coefficient (Wildman–Crippen LogP) is 1.86. The lowest BCUT2D eigenvalue weighted by Crippen LogP contribution is -2.51. The number of hydrogen-bond acceptors (Lipinski definition) is 6. The molecule has 2 aliphatic heterocycles. The van der Waals surface area contributed by atoms with Gasteiger partial charge in [-0.05, 0) is 31.2 Å². The highest BCUT2D eigenvalue weighted by molar-refractivity contribution is 7.89. The number of aryl methyl sites for hydroxylation is 1. The second-order valence-corrected chi connectivity index (χ2v) is 9.66. The van der Waals surface area contributed by atoms with Crippen molar-refractivity contribution in [3.05, 3.63) is 71.6 Å². The zero-order valence-electron chi connectivity index (χ0n) is 17.8. The minimum Gasteiger partial charge on any atom is -0.493 e. The summed E-state index contributed by atoms with van der Waals surface area (Å²) in [5.74, 6) is -0.543. The van der Waals surface area contributed by atoms with Crippen LogP contribution in [0.5, 0.6) is 5.75 Å². The number of nitriles is 1. The molecule has 10 heteroatoms. The van der Waals surface area contributed by atoms with E-state index in [1.54, 1.807) is 30.3 Å². The van der Waals surface area contributed by atoms with Crippen molar-refractivity contribution in [3.8, 4) is 11.8 Å². The van der Waals surface area contributed by atoms with Crippen molar-refractivity contribution in [3.63, 3.8) is 0 Å². The Morgan fingerprint density at radius 3 is 2.76 bits per heavy atom. The number of carbonyl (C=O) groups is 2. The van der Waals surface area contributed by atoms with Crippen molar-refractivity contribution in [2.45, 2.75) is 36.7 Å². The molecule has 4 rings (SSSR count). The van der Waals surface area contributed by atoms with Gasteiger partial charge in [0.1, 0.15) is 11.8 Å². The van der Waals surface area contributed by atoms with Gasteiger partial charge in [-0.3, -0.25) is 13.9 Å². The second-order valence-electron chi connectivity index (χ2n) is 7.81. The summed E-state index contributed by atoms with van der Waals surface area (Å²) in [6.45, 7) is 2.20. The van der Waals surface area contributed by atoms with E-state index in [-0.39, 0.29) is 17.4 Å². The Hall–Kier alpha value is -3.84. The number of rotatable bonds is 5. The van der Waals surface area contributed by atoms with Crippen LogP contribution < -0.4 is 15.4 Å². The van der Waals surface area contributed by atoms with Crippen LogP contribution in [0.3, 0.4) is 0 Å². The molecular formula is C23H22N4O5S. The molecule has 2 amide bonds. The van der Waals surface area contributed by atoms with Crippen molar-refractivity contribution in [1.82, 2.24) is 14.9 Å². The van der Waals surface area contributed by atoms with Gasteiger partial charge in [0.2, 0.25) is 11.8 Å². The van der Waals surface area contributed by atoms with Gasteiger partial charge in [-0.25, -0.2) is 8.42 Å². The first-order valence-corrected chi connectivity index (χ1v) is 11.8. The highest BCUT2D eigenvalue weighted by Crippen LogP contribution is 2.33. The number of benzene rings is 2. The standard InChI is InChI=1S/C23H22N4O5S/c1-15-2-5-17(6-3-15)33(30,31)27-10-9-25-23(29)20(27)13-22(28)26-19-8-11-32-21-12-16(14-24)4-7-18(19)21/h2-7,9-10,12,19-20H,8,11,13H2,1H3,(H,25,29)(H,26,28)/t19-,20-/m1/s1. The minimum atomic E-state index is -4.04. The lowest BCUT2D eigenvalue weighted by atomic mass is 9.98. The fourth-order valence-corrected chi connectivity index (χ4v) is 5.26. The quantitative estimate of drug-likeness (QED) is 0.692. The Kier molecular flexibility index (Phi) is 6.07. The van der Waals surface area contributed by atoms with E-state index in [1.165, 1.54) is 24.5 Å². The molecule has 33 heavy (non-hydrogen) atoms. The molecule has 0 spiro atoms. The molecule has 0 unspecified atom stereocenters. The van der Waals surface area contributed by atoms with Crippen LogP contribution >= 0.6 is 0 Å². The van der Waals surface area contributed by atoms with Crippen LogP contribution in [-0.4, -0.2) is 37.2 Å². The molecule has 170 valence electrons. The third-order valence-electron chi connectivity index (χ3n) is 5.55. The molecule has 2 aliphatic rings. The molecule has 2 aromatic carbocycles. The lowest BCUT2D eigenvalue weighted by molar-refractivity contribution is -0.129. The SMILES string of the molecule is Cc1ccc(S(=O)(=O)N2C=CNC(=O)[C@H]2CC(=O)N[C@@H]2CCOc3cc(C#N)ccc32)cc1. The number of nitrogens with one attached hydrogen (secondary N) is 2. The van der Waals surface area contributed by atoms with E-state index in [0.29, 0.717) is 24.3 Å². The summed E-state index contributed by atoms with van der Waals surface area (Å²) < 4.78 is 32.9.